The van der Waals surface area contributed by atoms with Crippen molar-refractivity contribution in [2.45, 2.75) is 51.6 Å². The second kappa shape index (κ2) is 9.65. The van der Waals surface area contributed by atoms with Crippen LogP contribution in [-0.4, -0.2) is 36.5 Å². The molecule has 0 bridgehead atoms. The van der Waals surface area contributed by atoms with Crippen LogP contribution in [0.2, 0.25) is 0 Å². The number of ether oxygens (including phenoxy) is 2. The average molecular weight is 471 g/mol. The molecule has 2 fully saturated rings. The number of hydrogen-bond acceptors (Lipinski definition) is 7. The Balaban J connectivity index is 1.78. The van der Waals surface area contributed by atoms with Gasteiger partial charge in [-0.2, -0.15) is 0 Å². The fraction of sp³-hybridized carbons (Fsp3) is 0.480. The van der Waals surface area contributed by atoms with Crippen molar-refractivity contribution >= 4 is 34.8 Å². The molecule has 4 rings (SSSR count). The van der Waals surface area contributed by atoms with E-state index in [1.807, 2.05) is 31.4 Å². The Bertz CT molecular complexity index is 1010. The molecule has 176 valence electrons. The number of nitrogens with zero attached hydrogens (tertiary/aromatic N) is 1. The van der Waals surface area contributed by atoms with Gasteiger partial charge < -0.3 is 9.47 Å². The Morgan fingerprint density at radius 3 is 2.45 bits per heavy atom. The SMILES string of the molecule is CCCC[C@]1(C(=O)OCC)N[C@@H](c2cccs2)[C@H]2C(=O)N(c3ccc(OCC)cc3)C(=O)[C@@H]21. The molecule has 4 atom stereocenters. The molecule has 2 aliphatic heterocycles. The lowest BCUT2D eigenvalue weighted by molar-refractivity contribution is -0.155. The first-order valence-corrected chi connectivity index (χ1v) is 12.4. The Hall–Kier alpha value is -2.71. The van der Waals surface area contributed by atoms with Crippen molar-refractivity contribution in [1.29, 1.82) is 0 Å². The van der Waals surface area contributed by atoms with Crippen molar-refractivity contribution in [3.63, 3.8) is 0 Å². The van der Waals surface area contributed by atoms with Gasteiger partial charge in [0.25, 0.3) is 0 Å². The number of carbonyl (C=O) groups excluding carboxylic acids is 3. The van der Waals surface area contributed by atoms with Crippen molar-refractivity contribution in [1.82, 2.24) is 5.32 Å². The van der Waals surface area contributed by atoms with Crippen molar-refractivity contribution in [3.8, 4) is 5.75 Å². The van der Waals surface area contributed by atoms with Crippen LogP contribution in [-0.2, 0) is 19.1 Å². The molecule has 7 nitrogen and oxygen atoms in total. The summed E-state index contributed by atoms with van der Waals surface area (Å²) in [7, 11) is 0. The third-order valence-corrected chi connectivity index (χ3v) is 7.43. The van der Waals surface area contributed by atoms with Gasteiger partial charge in [-0.15, -0.1) is 11.3 Å². The molecule has 1 aromatic carbocycles. The number of amides is 2. The highest BCUT2D eigenvalue weighted by Crippen LogP contribution is 2.52. The standard InChI is InChI=1S/C25H30N2O5S/c1-4-7-14-25(24(30)32-6-3)20-19(21(26-25)18-9-8-15-33-18)22(28)27(23(20)29)16-10-12-17(13-11-16)31-5-2/h8-13,15,19-21,26H,4-7,14H2,1-3H3/t19-,20+,21-,25-/m0/s1. The fourth-order valence-electron chi connectivity index (χ4n) is 5.06. The summed E-state index contributed by atoms with van der Waals surface area (Å²) in [5, 5.41) is 5.37. The number of thiophene rings is 1. The molecule has 1 aromatic heterocycles. The molecule has 2 amide bonds. The van der Waals surface area contributed by atoms with Crippen LogP contribution < -0.4 is 15.0 Å². The predicted molar refractivity (Wildman–Crippen MR) is 126 cm³/mol. The molecule has 2 aromatic rings. The number of anilines is 1. The van der Waals surface area contributed by atoms with Crippen molar-refractivity contribution in [3.05, 3.63) is 46.7 Å². The second-order valence-electron chi connectivity index (χ2n) is 8.38. The topological polar surface area (TPSA) is 84.9 Å². The Kier molecular flexibility index (Phi) is 6.86. The summed E-state index contributed by atoms with van der Waals surface area (Å²) in [6, 6.07) is 10.4. The van der Waals surface area contributed by atoms with Crippen LogP contribution >= 0.6 is 11.3 Å². The van der Waals surface area contributed by atoms with E-state index in [9.17, 15) is 14.4 Å². The molecule has 33 heavy (non-hydrogen) atoms. The minimum Gasteiger partial charge on any atom is -0.494 e. The molecule has 3 heterocycles. The van der Waals surface area contributed by atoms with Crippen LogP contribution in [0.1, 0.15) is 51.0 Å². The van der Waals surface area contributed by atoms with Gasteiger partial charge in [-0.25, -0.2) is 4.90 Å². The monoisotopic (exact) mass is 470 g/mol. The third kappa shape index (κ3) is 3.95. The molecule has 1 N–H and O–H groups in total. The maximum absolute atomic E-state index is 13.8. The quantitative estimate of drug-likeness (QED) is 0.439. The largest absolute Gasteiger partial charge is 0.494 e. The van der Waals surface area contributed by atoms with E-state index in [0.717, 1.165) is 17.7 Å². The number of nitrogens with one attached hydrogen (secondary N) is 1. The van der Waals surface area contributed by atoms with Gasteiger partial charge in [0.1, 0.15) is 11.3 Å². The van der Waals surface area contributed by atoms with Gasteiger partial charge in [-0.05, 0) is 56.0 Å². The highest BCUT2D eigenvalue weighted by molar-refractivity contribution is 7.10. The minimum absolute atomic E-state index is 0.209. The highest BCUT2D eigenvalue weighted by atomic mass is 32.1. The van der Waals surface area contributed by atoms with Gasteiger partial charge in [-0.1, -0.05) is 25.8 Å². The number of esters is 1. The van der Waals surface area contributed by atoms with Gasteiger partial charge in [-0.3, -0.25) is 19.7 Å². The lowest BCUT2D eigenvalue weighted by Gasteiger charge is -2.32. The third-order valence-electron chi connectivity index (χ3n) is 6.47. The molecule has 0 unspecified atom stereocenters. The minimum atomic E-state index is -1.24. The van der Waals surface area contributed by atoms with Crippen LogP contribution in [0.3, 0.4) is 0 Å². The van der Waals surface area contributed by atoms with Crippen molar-refractivity contribution < 1.29 is 23.9 Å². The Labute approximate surface area is 198 Å². The number of hydrogen-bond donors (Lipinski definition) is 1. The number of imide groups is 1. The summed E-state index contributed by atoms with van der Waals surface area (Å²) in [6.07, 6.45) is 2.02. The van der Waals surface area contributed by atoms with E-state index in [1.54, 1.807) is 31.2 Å². The first-order chi connectivity index (χ1) is 16.0. The van der Waals surface area contributed by atoms with Gasteiger partial charge in [0, 0.05) is 4.88 Å². The molecule has 0 saturated carbocycles. The van der Waals surface area contributed by atoms with Gasteiger partial charge >= 0.3 is 5.97 Å². The Morgan fingerprint density at radius 2 is 1.85 bits per heavy atom. The van der Waals surface area contributed by atoms with E-state index in [-0.39, 0.29) is 18.4 Å². The molecule has 0 spiro atoms. The fourth-order valence-corrected chi connectivity index (χ4v) is 5.89. The maximum Gasteiger partial charge on any atom is 0.327 e. The number of unbranched alkanes of at least 4 members (excludes halogenated alkanes) is 1. The lowest BCUT2D eigenvalue weighted by Crippen LogP contribution is -2.56. The zero-order chi connectivity index (χ0) is 23.6. The van der Waals surface area contributed by atoms with Crippen LogP contribution in [0.4, 0.5) is 5.69 Å². The molecular weight excluding hydrogens is 440 g/mol. The first kappa shape index (κ1) is 23.4. The summed E-state index contributed by atoms with van der Waals surface area (Å²) in [5.74, 6) is -1.93. The number of carbonyl (C=O) groups is 3. The van der Waals surface area contributed by atoms with Crippen LogP contribution in [0.5, 0.6) is 5.75 Å². The van der Waals surface area contributed by atoms with E-state index in [4.69, 9.17) is 9.47 Å². The number of rotatable bonds is 9. The Morgan fingerprint density at radius 1 is 1.09 bits per heavy atom. The summed E-state index contributed by atoms with van der Waals surface area (Å²) >= 11 is 1.51. The molecule has 0 radical (unpaired) electrons. The molecular formula is C25H30N2O5S. The van der Waals surface area contributed by atoms with E-state index in [1.165, 1.54) is 16.2 Å². The average Bonchev–Trinajstić information content (AvgIpc) is 3.51. The van der Waals surface area contributed by atoms with Crippen LogP contribution in [0, 0.1) is 11.8 Å². The molecule has 2 saturated heterocycles. The maximum atomic E-state index is 13.8. The van der Waals surface area contributed by atoms with E-state index in [0.29, 0.717) is 24.5 Å². The van der Waals surface area contributed by atoms with E-state index >= 15 is 0 Å². The van der Waals surface area contributed by atoms with Crippen molar-refractivity contribution in [2.24, 2.45) is 11.8 Å². The molecule has 8 heteroatoms. The van der Waals surface area contributed by atoms with Gasteiger partial charge in [0.2, 0.25) is 11.8 Å². The zero-order valence-corrected chi connectivity index (χ0v) is 20.0. The van der Waals surface area contributed by atoms with Crippen molar-refractivity contribution in [2.75, 3.05) is 18.1 Å². The smallest absolute Gasteiger partial charge is 0.327 e. The predicted octanol–water partition coefficient (Wildman–Crippen LogP) is 4.09. The number of fused-ring (bicyclic) bond motifs is 1. The van der Waals surface area contributed by atoms with E-state index < -0.39 is 29.4 Å². The zero-order valence-electron chi connectivity index (χ0n) is 19.2. The van der Waals surface area contributed by atoms with E-state index in [2.05, 4.69) is 5.32 Å². The van der Waals surface area contributed by atoms with Gasteiger partial charge in [0.15, 0.2) is 0 Å². The summed E-state index contributed by atoms with van der Waals surface area (Å²) < 4.78 is 11.0. The van der Waals surface area contributed by atoms with Crippen LogP contribution in [0.15, 0.2) is 41.8 Å². The molecule has 0 aliphatic carbocycles. The second-order valence-corrected chi connectivity index (χ2v) is 9.35. The summed E-state index contributed by atoms with van der Waals surface area (Å²) in [4.78, 5) is 43.1. The van der Waals surface area contributed by atoms with Gasteiger partial charge in [0.05, 0.1) is 36.8 Å². The first-order valence-electron chi connectivity index (χ1n) is 11.6. The number of benzene rings is 1. The highest BCUT2D eigenvalue weighted by Gasteiger charge is 2.68. The summed E-state index contributed by atoms with van der Waals surface area (Å²) in [5.41, 5.74) is -0.751. The summed E-state index contributed by atoms with van der Waals surface area (Å²) in [6.45, 7) is 6.42. The van der Waals surface area contributed by atoms with Crippen LogP contribution in [0.25, 0.3) is 0 Å². The normalized spacial score (nSPS) is 26.5. The molecule has 2 aliphatic rings. The lowest BCUT2D eigenvalue weighted by atomic mass is 9.77.